The number of hydrogen-bond acceptors (Lipinski definition) is 3. The Balaban J connectivity index is 1.75. The molecule has 1 fully saturated rings. The summed E-state index contributed by atoms with van der Waals surface area (Å²) in [6.07, 6.45) is -0.467. The van der Waals surface area contributed by atoms with Crippen molar-refractivity contribution in [3.8, 4) is 5.75 Å². The molecule has 4 heteroatoms. The Kier molecular flexibility index (Phi) is 2.84. The number of ether oxygens (including phenoxy) is 2. The van der Waals surface area contributed by atoms with E-state index in [1.165, 1.54) is 4.46 Å². The molecule has 21 heavy (non-hydrogen) atoms. The summed E-state index contributed by atoms with van der Waals surface area (Å²) in [5, 5.41) is 0. The number of para-hydroxylation sites is 1. The van der Waals surface area contributed by atoms with Crippen molar-refractivity contribution < 1.29 is 14.3 Å². The van der Waals surface area contributed by atoms with Crippen LogP contribution in [0.2, 0.25) is 4.31 Å². The van der Waals surface area contributed by atoms with Gasteiger partial charge in [-0.1, -0.05) is 0 Å². The van der Waals surface area contributed by atoms with Gasteiger partial charge in [-0.25, -0.2) is 0 Å². The summed E-state index contributed by atoms with van der Waals surface area (Å²) in [7, 11) is 0. The van der Waals surface area contributed by atoms with E-state index in [1.54, 1.807) is 0 Å². The van der Waals surface area contributed by atoms with Crippen molar-refractivity contribution in [2.24, 2.45) is 0 Å². The van der Waals surface area contributed by atoms with Gasteiger partial charge in [-0.05, 0) is 0 Å². The van der Waals surface area contributed by atoms with E-state index in [2.05, 4.69) is 12.1 Å². The van der Waals surface area contributed by atoms with Crippen LogP contribution in [0.1, 0.15) is 18.4 Å². The van der Waals surface area contributed by atoms with Crippen molar-refractivity contribution in [2.45, 2.75) is 23.4 Å². The van der Waals surface area contributed by atoms with E-state index >= 15 is 0 Å². The van der Waals surface area contributed by atoms with E-state index in [4.69, 9.17) is 9.47 Å². The van der Waals surface area contributed by atoms with Gasteiger partial charge in [-0.3, -0.25) is 0 Å². The molecule has 2 aromatic rings. The number of carbonyl (C=O) groups excluding carboxylic acids is 1. The zero-order valence-corrected chi connectivity index (χ0v) is 13.2. The molecule has 0 spiro atoms. The van der Waals surface area contributed by atoms with Crippen LogP contribution in [-0.2, 0) is 9.53 Å². The molecular formula is C17H14O3Se. The van der Waals surface area contributed by atoms with Crippen molar-refractivity contribution in [1.29, 1.82) is 0 Å². The topological polar surface area (TPSA) is 35.5 Å². The molecule has 0 radical (unpaired) electrons. The monoisotopic (exact) mass is 346 g/mol. The molecule has 4 rings (SSSR count). The van der Waals surface area contributed by atoms with Gasteiger partial charge in [0.05, 0.1) is 0 Å². The van der Waals surface area contributed by atoms with Gasteiger partial charge in [-0.2, -0.15) is 0 Å². The first-order chi connectivity index (χ1) is 10.2. The fourth-order valence-electron chi connectivity index (χ4n) is 3.02. The van der Waals surface area contributed by atoms with E-state index in [1.807, 2.05) is 49.4 Å². The Morgan fingerprint density at radius 3 is 2.52 bits per heavy atom. The Hall–Kier alpha value is -1.77. The van der Waals surface area contributed by atoms with Crippen LogP contribution in [0.5, 0.6) is 5.75 Å². The predicted octanol–water partition coefficient (Wildman–Crippen LogP) is 2.25. The minimum absolute atomic E-state index is 0.00836. The number of hydrogen-bond donors (Lipinski definition) is 0. The summed E-state index contributed by atoms with van der Waals surface area (Å²) >= 11 is -0.00836. The van der Waals surface area contributed by atoms with Crippen LogP contribution in [0.15, 0.2) is 54.6 Å². The molecule has 106 valence electrons. The molecular weight excluding hydrogens is 331 g/mol. The fraction of sp³-hybridized carbons (Fsp3) is 0.235. The summed E-state index contributed by atoms with van der Waals surface area (Å²) in [5.41, 5.74) is 1.09. The third-order valence-corrected chi connectivity index (χ3v) is 6.90. The van der Waals surface area contributed by atoms with Gasteiger partial charge in [0.15, 0.2) is 0 Å². The van der Waals surface area contributed by atoms with Gasteiger partial charge in [0.2, 0.25) is 0 Å². The molecule has 3 unspecified atom stereocenters. The van der Waals surface area contributed by atoms with Gasteiger partial charge < -0.3 is 0 Å². The zero-order valence-electron chi connectivity index (χ0n) is 11.5. The SMILES string of the molecule is CC1([Se]c2ccccc2)C(=O)OC2Oc3ccccc3C21. The molecule has 2 aromatic carbocycles. The van der Waals surface area contributed by atoms with Gasteiger partial charge >= 0.3 is 129 Å². The van der Waals surface area contributed by atoms with Crippen LogP contribution in [-0.4, -0.2) is 27.2 Å². The van der Waals surface area contributed by atoms with Crippen LogP contribution < -0.4 is 9.20 Å². The second-order valence-corrected chi connectivity index (χ2v) is 8.63. The maximum atomic E-state index is 12.4. The maximum absolute atomic E-state index is 12.4. The molecule has 0 N–H and O–H groups in total. The van der Waals surface area contributed by atoms with Gasteiger partial charge in [0.25, 0.3) is 0 Å². The predicted molar refractivity (Wildman–Crippen MR) is 79.9 cm³/mol. The van der Waals surface area contributed by atoms with Crippen LogP contribution in [0, 0.1) is 0 Å². The first kappa shape index (κ1) is 12.9. The molecule has 2 aliphatic rings. The molecule has 2 aliphatic heterocycles. The molecule has 0 saturated carbocycles. The number of esters is 1. The Morgan fingerprint density at radius 2 is 1.71 bits per heavy atom. The van der Waals surface area contributed by atoms with Gasteiger partial charge in [0, 0.05) is 0 Å². The average molecular weight is 345 g/mol. The second-order valence-electron chi connectivity index (χ2n) is 5.43. The van der Waals surface area contributed by atoms with E-state index in [9.17, 15) is 4.79 Å². The summed E-state index contributed by atoms with van der Waals surface area (Å²) in [6, 6.07) is 18.1. The van der Waals surface area contributed by atoms with Crippen molar-refractivity contribution in [1.82, 2.24) is 0 Å². The summed E-state index contributed by atoms with van der Waals surface area (Å²) in [4.78, 5) is 12.4. The van der Waals surface area contributed by atoms with E-state index < -0.39 is 10.6 Å². The summed E-state index contributed by atoms with van der Waals surface area (Å²) < 4.78 is 12.0. The Labute approximate surface area is 129 Å². The molecule has 1 saturated heterocycles. The second kappa shape index (κ2) is 4.62. The number of rotatable bonds is 2. The molecule has 0 aliphatic carbocycles. The summed E-state index contributed by atoms with van der Waals surface area (Å²) in [5.74, 6) is 0.687. The minimum atomic E-state index is -0.522. The van der Waals surface area contributed by atoms with Gasteiger partial charge in [-0.15, -0.1) is 0 Å². The van der Waals surface area contributed by atoms with Gasteiger partial charge in [0.1, 0.15) is 0 Å². The third kappa shape index (κ3) is 1.90. The number of fused-ring (bicyclic) bond motifs is 3. The summed E-state index contributed by atoms with van der Waals surface area (Å²) in [6.45, 7) is 2.01. The molecule has 3 nitrogen and oxygen atoms in total. The molecule has 0 bridgehead atoms. The third-order valence-electron chi connectivity index (χ3n) is 4.06. The first-order valence-electron chi connectivity index (χ1n) is 6.89. The van der Waals surface area contributed by atoms with Crippen LogP contribution >= 0.6 is 0 Å². The number of carbonyl (C=O) groups is 1. The quantitative estimate of drug-likeness (QED) is 0.619. The van der Waals surface area contributed by atoms with E-state index in [0.717, 1.165) is 11.3 Å². The Morgan fingerprint density at radius 1 is 1.00 bits per heavy atom. The zero-order chi connectivity index (χ0) is 14.4. The average Bonchev–Trinajstić information content (AvgIpc) is 2.96. The molecule has 3 atom stereocenters. The van der Waals surface area contributed by atoms with Crippen LogP contribution in [0.3, 0.4) is 0 Å². The molecule has 2 heterocycles. The normalized spacial score (nSPS) is 29.5. The van der Waals surface area contributed by atoms with E-state index in [0.29, 0.717) is 0 Å². The Bertz CT molecular complexity index is 700. The molecule has 0 amide bonds. The molecule has 0 aromatic heterocycles. The van der Waals surface area contributed by atoms with Crippen LogP contribution in [0.4, 0.5) is 0 Å². The van der Waals surface area contributed by atoms with Crippen molar-refractivity contribution in [3.63, 3.8) is 0 Å². The van der Waals surface area contributed by atoms with Crippen LogP contribution in [0.25, 0.3) is 0 Å². The number of benzene rings is 2. The van der Waals surface area contributed by atoms with Crippen molar-refractivity contribution in [3.05, 3.63) is 60.2 Å². The van der Waals surface area contributed by atoms with Crippen molar-refractivity contribution in [2.75, 3.05) is 0 Å². The fourth-order valence-corrected chi connectivity index (χ4v) is 5.71. The first-order valence-corrected chi connectivity index (χ1v) is 8.60. The standard InChI is InChI=1S/C17H14O3Se/c1-17(21-11-7-3-2-4-8-11)14-12-9-5-6-10-13(12)19-15(14)20-16(17)18/h2-10,14-15H,1H3. The van der Waals surface area contributed by atoms with Crippen molar-refractivity contribution >= 4 is 25.4 Å². The van der Waals surface area contributed by atoms with E-state index in [-0.39, 0.29) is 26.8 Å².